The number of ether oxygens (including phenoxy) is 2. The zero-order valence-corrected chi connectivity index (χ0v) is 11.6. The van der Waals surface area contributed by atoms with Crippen LogP contribution in [0.5, 0.6) is 5.75 Å². The van der Waals surface area contributed by atoms with E-state index in [2.05, 4.69) is 4.98 Å². The highest BCUT2D eigenvalue weighted by molar-refractivity contribution is 5.87. The van der Waals surface area contributed by atoms with Crippen molar-refractivity contribution in [2.45, 2.75) is 25.9 Å². The first-order chi connectivity index (χ1) is 9.02. The molecule has 1 aromatic heterocycles. The number of anilines is 1. The number of nitrogens with two attached hydrogens (primary N) is 1. The van der Waals surface area contributed by atoms with Gasteiger partial charge in [-0.1, -0.05) is 0 Å². The molecule has 1 aromatic carbocycles. The number of nitrogen functional groups attached to an aromatic ring is 1. The van der Waals surface area contributed by atoms with Crippen LogP contribution in [0.3, 0.4) is 0 Å². The zero-order valence-electron chi connectivity index (χ0n) is 11.6. The SMILES string of the molecule is COC(C)(C)CCOc1ccnc2cc(N)ccc12. The molecule has 2 aromatic rings. The fourth-order valence-corrected chi connectivity index (χ4v) is 1.77. The van der Waals surface area contributed by atoms with E-state index in [0.717, 1.165) is 23.1 Å². The van der Waals surface area contributed by atoms with Gasteiger partial charge in [-0.2, -0.15) is 0 Å². The molecule has 0 bridgehead atoms. The molecule has 0 atom stereocenters. The predicted molar refractivity (Wildman–Crippen MR) is 77.4 cm³/mol. The van der Waals surface area contributed by atoms with Gasteiger partial charge >= 0.3 is 0 Å². The van der Waals surface area contributed by atoms with Crippen molar-refractivity contribution in [3.8, 4) is 5.75 Å². The summed E-state index contributed by atoms with van der Waals surface area (Å²) in [6.45, 7) is 4.69. The van der Waals surface area contributed by atoms with Crippen molar-refractivity contribution in [2.75, 3.05) is 19.5 Å². The lowest BCUT2D eigenvalue weighted by Gasteiger charge is -2.22. The molecule has 4 heteroatoms. The van der Waals surface area contributed by atoms with Gasteiger partial charge in [0.05, 0.1) is 17.7 Å². The van der Waals surface area contributed by atoms with Crippen molar-refractivity contribution in [3.05, 3.63) is 30.5 Å². The number of hydrogen-bond acceptors (Lipinski definition) is 4. The van der Waals surface area contributed by atoms with Gasteiger partial charge in [-0.25, -0.2) is 0 Å². The molecule has 0 amide bonds. The Kier molecular flexibility index (Phi) is 3.90. The van der Waals surface area contributed by atoms with Crippen molar-refractivity contribution in [1.82, 2.24) is 4.98 Å². The van der Waals surface area contributed by atoms with E-state index < -0.39 is 0 Å². The first kappa shape index (κ1) is 13.6. The summed E-state index contributed by atoms with van der Waals surface area (Å²) in [6.07, 6.45) is 2.56. The molecule has 2 rings (SSSR count). The van der Waals surface area contributed by atoms with Crippen LogP contribution in [0, 0.1) is 0 Å². The standard InChI is InChI=1S/C15H20N2O2/c1-15(2,18-3)7-9-19-14-6-8-17-13-10-11(16)4-5-12(13)14/h4-6,8,10H,7,9,16H2,1-3H3. The van der Waals surface area contributed by atoms with Crippen LogP contribution in [0.4, 0.5) is 5.69 Å². The number of fused-ring (bicyclic) bond motifs is 1. The second kappa shape index (κ2) is 5.45. The first-order valence-corrected chi connectivity index (χ1v) is 6.34. The number of methoxy groups -OCH3 is 1. The summed E-state index contributed by atoms with van der Waals surface area (Å²) in [6, 6.07) is 7.52. The van der Waals surface area contributed by atoms with E-state index in [0.29, 0.717) is 12.3 Å². The Morgan fingerprint density at radius 1 is 1.26 bits per heavy atom. The molecule has 0 aliphatic rings. The van der Waals surface area contributed by atoms with Crippen molar-refractivity contribution >= 4 is 16.6 Å². The summed E-state index contributed by atoms with van der Waals surface area (Å²) in [7, 11) is 1.71. The highest BCUT2D eigenvalue weighted by Gasteiger charge is 2.16. The first-order valence-electron chi connectivity index (χ1n) is 6.34. The van der Waals surface area contributed by atoms with E-state index in [-0.39, 0.29) is 5.60 Å². The van der Waals surface area contributed by atoms with Gasteiger partial charge in [0.15, 0.2) is 0 Å². The molecule has 0 unspecified atom stereocenters. The smallest absolute Gasteiger partial charge is 0.130 e. The monoisotopic (exact) mass is 260 g/mol. The third-order valence-electron chi connectivity index (χ3n) is 3.24. The van der Waals surface area contributed by atoms with Crippen LogP contribution in [-0.4, -0.2) is 24.3 Å². The summed E-state index contributed by atoms with van der Waals surface area (Å²) in [5, 5.41) is 0.979. The third-order valence-corrected chi connectivity index (χ3v) is 3.24. The predicted octanol–water partition coefficient (Wildman–Crippen LogP) is 3.01. The topological polar surface area (TPSA) is 57.4 Å². The molecule has 19 heavy (non-hydrogen) atoms. The van der Waals surface area contributed by atoms with Crippen molar-refractivity contribution in [3.63, 3.8) is 0 Å². The molecule has 0 saturated heterocycles. The van der Waals surface area contributed by atoms with Crippen molar-refractivity contribution in [1.29, 1.82) is 0 Å². The Labute approximate surface area is 113 Å². The molecule has 4 nitrogen and oxygen atoms in total. The summed E-state index contributed by atoms with van der Waals surface area (Å²) in [5.41, 5.74) is 7.14. The van der Waals surface area contributed by atoms with E-state index in [1.54, 1.807) is 13.3 Å². The quantitative estimate of drug-likeness (QED) is 0.840. The van der Waals surface area contributed by atoms with Gasteiger partial charge in [-0.15, -0.1) is 0 Å². The van der Waals surface area contributed by atoms with Crippen LogP contribution in [0.2, 0.25) is 0 Å². The molecular formula is C15H20N2O2. The van der Waals surface area contributed by atoms with Crippen LogP contribution >= 0.6 is 0 Å². The minimum atomic E-state index is -0.173. The van der Waals surface area contributed by atoms with Crippen LogP contribution in [0.15, 0.2) is 30.5 Å². The van der Waals surface area contributed by atoms with Crippen molar-refractivity contribution < 1.29 is 9.47 Å². The number of nitrogens with zero attached hydrogens (tertiary/aromatic N) is 1. The summed E-state index contributed by atoms with van der Waals surface area (Å²) >= 11 is 0. The van der Waals surface area contributed by atoms with E-state index in [1.165, 1.54) is 0 Å². The Morgan fingerprint density at radius 2 is 2.05 bits per heavy atom. The minimum Gasteiger partial charge on any atom is -0.493 e. The molecule has 102 valence electrons. The summed E-state index contributed by atoms with van der Waals surface area (Å²) in [5.74, 6) is 0.830. The van der Waals surface area contributed by atoms with Gasteiger partial charge in [-0.05, 0) is 38.1 Å². The normalized spacial score (nSPS) is 11.7. The van der Waals surface area contributed by atoms with Crippen LogP contribution in [-0.2, 0) is 4.74 Å². The average Bonchev–Trinajstić information content (AvgIpc) is 2.38. The largest absolute Gasteiger partial charge is 0.493 e. The van der Waals surface area contributed by atoms with Gasteiger partial charge in [0.25, 0.3) is 0 Å². The van der Waals surface area contributed by atoms with E-state index >= 15 is 0 Å². The lowest BCUT2D eigenvalue weighted by molar-refractivity contribution is 0.00558. The van der Waals surface area contributed by atoms with Gasteiger partial charge < -0.3 is 15.2 Å². The Balaban J connectivity index is 2.13. The highest BCUT2D eigenvalue weighted by Crippen LogP contribution is 2.26. The molecule has 0 fully saturated rings. The second-order valence-electron chi connectivity index (χ2n) is 5.15. The van der Waals surface area contributed by atoms with Gasteiger partial charge in [0.2, 0.25) is 0 Å². The van der Waals surface area contributed by atoms with E-state index in [1.807, 2.05) is 38.1 Å². The number of benzene rings is 1. The second-order valence-corrected chi connectivity index (χ2v) is 5.15. The molecule has 0 aliphatic carbocycles. The van der Waals surface area contributed by atoms with Crippen LogP contribution in [0.1, 0.15) is 20.3 Å². The van der Waals surface area contributed by atoms with Crippen LogP contribution in [0.25, 0.3) is 10.9 Å². The molecular weight excluding hydrogens is 240 g/mol. The minimum absolute atomic E-state index is 0.173. The molecule has 0 radical (unpaired) electrons. The van der Waals surface area contributed by atoms with E-state index in [4.69, 9.17) is 15.2 Å². The van der Waals surface area contributed by atoms with Crippen molar-refractivity contribution in [2.24, 2.45) is 0 Å². The molecule has 2 N–H and O–H groups in total. The molecule has 0 aliphatic heterocycles. The average molecular weight is 260 g/mol. The Hall–Kier alpha value is -1.81. The zero-order chi connectivity index (χ0) is 13.9. The van der Waals surface area contributed by atoms with Gasteiger partial charge in [0, 0.05) is 30.8 Å². The fraction of sp³-hybridized carbons (Fsp3) is 0.400. The number of pyridine rings is 1. The molecule has 0 spiro atoms. The lowest BCUT2D eigenvalue weighted by Crippen LogP contribution is -2.25. The van der Waals surface area contributed by atoms with E-state index in [9.17, 15) is 0 Å². The van der Waals surface area contributed by atoms with Gasteiger partial charge in [-0.3, -0.25) is 4.98 Å². The number of hydrogen-bond donors (Lipinski definition) is 1. The third kappa shape index (κ3) is 3.35. The summed E-state index contributed by atoms with van der Waals surface area (Å²) in [4.78, 5) is 4.29. The number of aromatic nitrogens is 1. The molecule has 0 saturated carbocycles. The van der Waals surface area contributed by atoms with Crippen LogP contribution < -0.4 is 10.5 Å². The summed E-state index contributed by atoms with van der Waals surface area (Å²) < 4.78 is 11.2. The van der Waals surface area contributed by atoms with Gasteiger partial charge in [0.1, 0.15) is 5.75 Å². The maximum atomic E-state index is 5.84. The maximum absolute atomic E-state index is 5.84. The fourth-order valence-electron chi connectivity index (χ4n) is 1.77. The maximum Gasteiger partial charge on any atom is 0.130 e. The number of rotatable bonds is 5. The molecule has 1 heterocycles. The highest BCUT2D eigenvalue weighted by atomic mass is 16.5. The Morgan fingerprint density at radius 3 is 2.79 bits per heavy atom. The lowest BCUT2D eigenvalue weighted by atomic mass is 10.1. The Bertz CT molecular complexity index is 567.